The minimum absolute atomic E-state index is 0.115. The van der Waals surface area contributed by atoms with Crippen molar-refractivity contribution < 1.29 is 4.92 Å². The fourth-order valence-electron chi connectivity index (χ4n) is 3.02. The second-order valence-electron chi connectivity index (χ2n) is 5.94. The molecule has 0 aliphatic heterocycles. The topological polar surface area (TPSA) is 79.6 Å². The number of aliphatic imine (C=N–C) groups is 1. The van der Waals surface area contributed by atoms with Crippen molar-refractivity contribution in [3.05, 3.63) is 39.9 Å². The number of nitrogens with one attached hydrogen (secondary N) is 2. The van der Waals surface area contributed by atoms with Crippen LogP contribution < -0.4 is 10.6 Å². The van der Waals surface area contributed by atoms with Gasteiger partial charge < -0.3 is 10.6 Å². The van der Waals surface area contributed by atoms with Crippen LogP contribution in [-0.2, 0) is 6.54 Å². The first kappa shape index (κ1) is 18.6. The maximum Gasteiger partial charge on any atom is 0.269 e. The molecular formula is C17H26N4O2S. The van der Waals surface area contributed by atoms with Gasteiger partial charge >= 0.3 is 0 Å². The third-order valence-corrected chi connectivity index (χ3v) is 5.41. The number of benzene rings is 1. The highest BCUT2D eigenvalue weighted by molar-refractivity contribution is 7.99. The number of nitro groups is 1. The van der Waals surface area contributed by atoms with Gasteiger partial charge in [-0.2, -0.15) is 11.8 Å². The Morgan fingerprint density at radius 2 is 2.29 bits per heavy atom. The molecule has 6 nitrogen and oxygen atoms in total. The molecule has 1 aliphatic carbocycles. The molecule has 1 saturated carbocycles. The van der Waals surface area contributed by atoms with Crippen LogP contribution in [0, 0.1) is 10.1 Å². The van der Waals surface area contributed by atoms with Gasteiger partial charge in [0.1, 0.15) is 0 Å². The van der Waals surface area contributed by atoms with Crippen LogP contribution in [0.25, 0.3) is 0 Å². The second-order valence-corrected chi connectivity index (χ2v) is 7.52. The van der Waals surface area contributed by atoms with E-state index in [1.54, 1.807) is 19.2 Å². The first-order chi connectivity index (χ1) is 11.6. The van der Waals surface area contributed by atoms with E-state index in [-0.39, 0.29) is 10.6 Å². The van der Waals surface area contributed by atoms with Crippen LogP contribution in [0.1, 0.15) is 38.2 Å². The van der Waals surface area contributed by atoms with Crippen molar-refractivity contribution in [3.8, 4) is 0 Å². The molecule has 1 aromatic rings. The molecule has 0 bridgehead atoms. The SMILES string of the molecule is CCSC1CCCC(NC(=NC)NCc2cccc([N+](=O)[O-])c2)C1. The van der Waals surface area contributed by atoms with E-state index in [4.69, 9.17) is 0 Å². The smallest absolute Gasteiger partial charge is 0.269 e. The zero-order valence-corrected chi connectivity index (χ0v) is 15.1. The molecule has 1 aliphatic rings. The highest BCUT2D eigenvalue weighted by Crippen LogP contribution is 2.28. The average molecular weight is 350 g/mol. The molecule has 2 unspecified atom stereocenters. The molecule has 0 amide bonds. The summed E-state index contributed by atoms with van der Waals surface area (Å²) in [6, 6.07) is 7.12. The zero-order chi connectivity index (χ0) is 17.4. The van der Waals surface area contributed by atoms with E-state index in [2.05, 4.69) is 22.5 Å². The molecule has 2 atom stereocenters. The van der Waals surface area contributed by atoms with Crippen LogP contribution in [0.4, 0.5) is 5.69 Å². The van der Waals surface area contributed by atoms with Gasteiger partial charge in [-0.15, -0.1) is 0 Å². The molecule has 7 heteroatoms. The summed E-state index contributed by atoms with van der Waals surface area (Å²) in [5.74, 6) is 1.92. The van der Waals surface area contributed by atoms with Crippen LogP contribution in [0.2, 0.25) is 0 Å². The van der Waals surface area contributed by atoms with E-state index in [0.29, 0.717) is 12.6 Å². The maximum atomic E-state index is 10.8. The Morgan fingerprint density at radius 1 is 1.46 bits per heavy atom. The lowest BCUT2D eigenvalue weighted by molar-refractivity contribution is -0.384. The van der Waals surface area contributed by atoms with Gasteiger partial charge in [0.25, 0.3) is 5.69 Å². The fourth-order valence-corrected chi connectivity index (χ4v) is 4.19. The molecule has 0 spiro atoms. The highest BCUT2D eigenvalue weighted by Gasteiger charge is 2.22. The Bertz CT molecular complexity index is 577. The number of rotatable bonds is 6. The van der Waals surface area contributed by atoms with Crippen LogP contribution >= 0.6 is 11.8 Å². The molecule has 1 fully saturated rings. The van der Waals surface area contributed by atoms with Gasteiger partial charge in [-0.05, 0) is 30.6 Å². The third kappa shape index (κ3) is 5.70. The minimum atomic E-state index is -0.371. The molecule has 0 aromatic heterocycles. The van der Waals surface area contributed by atoms with Crippen molar-refractivity contribution in [2.75, 3.05) is 12.8 Å². The second kappa shape index (κ2) is 9.52. The first-order valence-electron chi connectivity index (χ1n) is 8.44. The summed E-state index contributed by atoms with van der Waals surface area (Å²) in [4.78, 5) is 14.7. The van der Waals surface area contributed by atoms with E-state index < -0.39 is 0 Å². The van der Waals surface area contributed by atoms with Gasteiger partial charge in [-0.3, -0.25) is 15.1 Å². The number of nitro benzene ring substituents is 1. The number of nitrogens with zero attached hydrogens (tertiary/aromatic N) is 2. The molecule has 24 heavy (non-hydrogen) atoms. The standard InChI is InChI=1S/C17H26N4O2S/c1-3-24-16-9-5-7-14(11-16)20-17(18-2)19-12-13-6-4-8-15(10-13)21(22)23/h4,6,8,10,14,16H,3,5,7,9,11-12H2,1-2H3,(H2,18,19,20). The summed E-state index contributed by atoms with van der Waals surface area (Å²) < 4.78 is 0. The zero-order valence-electron chi connectivity index (χ0n) is 14.3. The summed E-state index contributed by atoms with van der Waals surface area (Å²) in [5, 5.41) is 18.3. The predicted molar refractivity (Wildman–Crippen MR) is 101 cm³/mol. The maximum absolute atomic E-state index is 10.8. The van der Waals surface area contributed by atoms with E-state index in [0.717, 1.165) is 35.4 Å². The molecule has 0 radical (unpaired) electrons. The van der Waals surface area contributed by atoms with E-state index >= 15 is 0 Å². The minimum Gasteiger partial charge on any atom is -0.354 e. The molecule has 0 saturated heterocycles. The van der Waals surface area contributed by atoms with E-state index in [9.17, 15) is 10.1 Å². The number of hydrogen-bond acceptors (Lipinski definition) is 4. The molecule has 1 aromatic carbocycles. The summed E-state index contributed by atoms with van der Waals surface area (Å²) in [7, 11) is 1.75. The van der Waals surface area contributed by atoms with Crippen molar-refractivity contribution >= 4 is 23.4 Å². The normalized spacial score (nSPS) is 21.3. The van der Waals surface area contributed by atoms with Gasteiger partial charge in [-0.25, -0.2) is 0 Å². The Labute approximate surface area is 147 Å². The van der Waals surface area contributed by atoms with E-state index in [1.807, 2.05) is 17.8 Å². The monoisotopic (exact) mass is 350 g/mol. The number of thioether (sulfide) groups is 1. The van der Waals surface area contributed by atoms with Gasteiger partial charge in [0, 0.05) is 37.0 Å². The van der Waals surface area contributed by atoms with Crippen LogP contribution in [0.3, 0.4) is 0 Å². The summed E-state index contributed by atoms with van der Waals surface area (Å²) in [5.41, 5.74) is 0.985. The largest absolute Gasteiger partial charge is 0.354 e. The Balaban J connectivity index is 1.86. The van der Waals surface area contributed by atoms with Crippen LogP contribution in [0.15, 0.2) is 29.3 Å². The van der Waals surface area contributed by atoms with Gasteiger partial charge in [-0.1, -0.05) is 25.5 Å². The van der Waals surface area contributed by atoms with Crippen molar-refractivity contribution in [2.45, 2.75) is 50.4 Å². The van der Waals surface area contributed by atoms with E-state index in [1.165, 1.54) is 18.9 Å². The van der Waals surface area contributed by atoms with Gasteiger partial charge in [0.2, 0.25) is 0 Å². The Morgan fingerprint density at radius 3 is 3.00 bits per heavy atom. The van der Waals surface area contributed by atoms with Crippen molar-refractivity contribution in [1.29, 1.82) is 0 Å². The van der Waals surface area contributed by atoms with Crippen molar-refractivity contribution in [1.82, 2.24) is 10.6 Å². The van der Waals surface area contributed by atoms with Gasteiger partial charge in [0.05, 0.1) is 4.92 Å². The lowest BCUT2D eigenvalue weighted by atomic mass is 9.95. The fraction of sp³-hybridized carbons (Fsp3) is 0.588. The van der Waals surface area contributed by atoms with Crippen molar-refractivity contribution in [3.63, 3.8) is 0 Å². The van der Waals surface area contributed by atoms with Crippen LogP contribution in [-0.4, -0.2) is 35.0 Å². The number of non-ortho nitro benzene ring substituents is 1. The first-order valence-corrected chi connectivity index (χ1v) is 9.49. The summed E-state index contributed by atoms with van der Waals surface area (Å²) in [6.45, 7) is 2.72. The lowest BCUT2D eigenvalue weighted by Gasteiger charge is -2.30. The quantitative estimate of drug-likeness (QED) is 0.356. The molecule has 2 rings (SSSR count). The van der Waals surface area contributed by atoms with Crippen LogP contribution in [0.5, 0.6) is 0 Å². The Hall–Kier alpha value is -1.76. The molecular weight excluding hydrogens is 324 g/mol. The highest BCUT2D eigenvalue weighted by atomic mass is 32.2. The summed E-state index contributed by atoms with van der Waals surface area (Å²) >= 11 is 2.04. The lowest BCUT2D eigenvalue weighted by Crippen LogP contribution is -2.45. The third-order valence-electron chi connectivity index (χ3n) is 4.17. The van der Waals surface area contributed by atoms with Gasteiger partial charge in [0.15, 0.2) is 5.96 Å². The molecule has 132 valence electrons. The molecule has 2 N–H and O–H groups in total. The van der Waals surface area contributed by atoms with Crippen molar-refractivity contribution in [2.24, 2.45) is 4.99 Å². The predicted octanol–water partition coefficient (Wildman–Crippen LogP) is 3.32. The number of hydrogen-bond donors (Lipinski definition) is 2. The molecule has 0 heterocycles. The Kier molecular flexibility index (Phi) is 7.36. The average Bonchev–Trinajstić information content (AvgIpc) is 2.59. The summed E-state index contributed by atoms with van der Waals surface area (Å²) in [6.07, 6.45) is 4.88. The number of guanidine groups is 1.